The summed E-state index contributed by atoms with van der Waals surface area (Å²) in [6.45, 7) is 0. The minimum atomic E-state index is 0.570. The SMILES string of the molecule is S=C(N/N=C\c1cccs1)N[C@H]1C[C@@H]2CC[C@H]1C2. The summed E-state index contributed by atoms with van der Waals surface area (Å²) in [6, 6.07) is 4.61. The minimum absolute atomic E-state index is 0.570. The van der Waals surface area contributed by atoms with Crippen LogP contribution in [0.5, 0.6) is 0 Å². The first-order chi connectivity index (χ1) is 8.81. The Hall–Kier alpha value is -0.940. The third-order valence-electron chi connectivity index (χ3n) is 3.96. The van der Waals surface area contributed by atoms with Crippen LogP contribution in [0.2, 0.25) is 0 Å². The van der Waals surface area contributed by atoms with Crippen LogP contribution >= 0.6 is 23.6 Å². The first-order valence-corrected chi connectivity index (χ1v) is 7.73. The summed E-state index contributed by atoms with van der Waals surface area (Å²) in [7, 11) is 0. The van der Waals surface area contributed by atoms with Gasteiger partial charge in [-0.05, 0) is 54.8 Å². The molecule has 3 nitrogen and oxygen atoms in total. The number of hydrazone groups is 1. The van der Waals surface area contributed by atoms with E-state index in [0.29, 0.717) is 11.2 Å². The number of thiocarbonyl (C=S) groups is 1. The van der Waals surface area contributed by atoms with E-state index in [9.17, 15) is 0 Å². The molecule has 0 aliphatic heterocycles. The molecule has 2 saturated carbocycles. The summed E-state index contributed by atoms with van der Waals surface area (Å²) in [6.07, 6.45) is 7.25. The standard InChI is InChI=1S/C13H17N3S2/c17-13(16-14-8-11-2-1-5-18-11)15-12-7-9-3-4-10(12)6-9/h1-2,5,8-10,12H,3-4,6-7H2,(H2,15,16,17)/b14-8-/t9-,10+,12+/m1/s1. The topological polar surface area (TPSA) is 36.4 Å². The normalized spacial score (nSPS) is 29.9. The van der Waals surface area contributed by atoms with Crippen LogP contribution in [0.1, 0.15) is 30.6 Å². The maximum Gasteiger partial charge on any atom is 0.187 e. The number of nitrogens with zero attached hydrogens (tertiary/aromatic N) is 1. The van der Waals surface area contributed by atoms with Gasteiger partial charge < -0.3 is 5.32 Å². The Morgan fingerprint density at radius 2 is 2.39 bits per heavy atom. The lowest BCUT2D eigenvalue weighted by molar-refractivity contribution is 0.389. The van der Waals surface area contributed by atoms with Crippen LogP contribution in [-0.4, -0.2) is 17.4 Å². The van der Waals surface area contributed by atoms with Crippen molar-refractivity contribution in [1.82, 2.24) is 10.7 Å². The van der Waals surface area contributed by atoms with Crippen LogP contribution in [-0.2, 0) is 0 Å². The van der Waals surface area contributed by atoms with Crippen molar-refractivity contribution in [3.63, 3.8) is 0 Å². The quantitative estimate of drug-likeness (QED) is 0.507. The maximum absolute atomic E-state index is 5.27. The van der Waals surface area contributed by atoms with Gasteiger partial charge in [0.25, 0.3) is 0 Å². The number of nitrogens with one attached hydrogen (secondary N) is 2. The molecule has 0 spiro atoms. The minimum Gasteiger partial charge on any atom is -0.358 e. The predicted octanol–water partition coefficient (Wildman–Crippen LogP) is 2.73. The van der Waals surface area contributed by atoms with Gasteiger partial charge in [0.1, 0.15) is 0 Å². The Balaban J connectivity index is 1.45. The molecule has 2 aliphatic carbocycles. The summed E-state index contributed by atoms with van der Waals surface area (Å²) in [5, 5.41) is 10.2. The van der Waals surface area contributed by atoms with Gasteiger partial charge in [-0.2, -0.15) is 5.10 Å². The highest BCUT2D eigenvalue weighted by Gasteiger charge is 2.39. The van der Waals surface area contributed by atoms with E-state index in [0.717, 1.165) is 16.7 Å². The van der Waals surface area contributed by atoms with E-state index in [4.69, 9.17) is 12.2 Å². The third kappa shape index (κ3) is 2.72. The molecule has 2 aliphatic rings. The molecule has 1 aromatic rings. The van der Waals surface area contributed by atoms with Gasteiger partial charge in [-0.15, -0.1) is 11.3 Å². The molecule has 0 amide bonds. The van der Waals surface area contributed by atoms with E-state index in [2.05, 4.69) is 15.8 Å². The van der Waals surface area contributed by atoms with E-state index in [1.165, 1.54) is 25.7 Å². The zero-order valence-corrected chi connectivity index (χ0v) is 11.8. The summed E-state index contributed by atoms with van der Waals surface area (Å²) >= 11 is 6.93. The fraction of sp³-hybridized carbons (Fsp3) is 0.538. The predicted molar refractivity (Wildman–Crippen MR) is 80.0 cm³/mol. The van der Waals surface area contributed by atoms with Gasteiger partial charge in [0.05, 0.1) is 6.21 Å². The Kier molecular flexibility index (Phi) is 3.61. The van der Waals surface area contributed by atoms with Gasteiger partial charge in [-0.3, -0.25) is 5.43 Å². The highest BCUT2D eigenvalue weighted by molar-refractivity contribution is 7.80. The molecule has 2 N–H and O–H groups in total. The van der Waals surface area contributed by atoms with Crippen molar-refractivity contribution < 1.29 is 0 Å². The van der Waals surface area contributed by atoms with Crippen molar-refractivity contribution in [3.8, 4) is 0 Å². The van der Waals surface area contributed by atoms with Crippen LogP contribution in [0, 0.1) is 11.8 Å². The van der Waals surface area contributed by atoms with Crippen LogP contribution in [0.3, 0.4) is 0 Å². The highest BCUT2D eigenvalue weighted by Crippen LogP contribution is 2.44. The van der Waals surface area contributed by atoms with Gasteiger partial charge >= 0.3 is 0 Å². The van der Waals surface area contributed by atoms with Crippen molar-refractivity contribution in [2.45, 2.75) is 31.7 Å². The third-order valence-corrected chi connectivity index (χ3v) is 4.97. The lowest BCUT2D eigenvalue weighted by Crippen LogP contribution is -2.42. The first-order valence-electron chi connectivity index (χ1n) is 6.44. The van der Waals surface area contributed by atoms with Crippen LogP contribution < -0.4 is 10.7 Å². The van der Waals surface area contributed by atoms with Crippen molar-refractivity contribution in [3.05, 3.63) is 22.4 Å². The van der Waals surface area contributed by atoms with Gasteiger partial charge in [0.2, 0.25) is 0 Å². The average Bonchev–Trinajstić information content (AvgIpc) is 3.04. The van der Waals surface area contributed by atoms with Crippen LogP contribution in [0.25, 0.3) is 0 Å². The molecule has 2 fully saturated rings. The molecule has 0 aromatic carbocycles. The maximum atomic E-state index is 5.27. The zero-order chi connectivity index (χ0) is 12.4. The highest BCUT2D eigenvalue weighted by atomic mass is 32.1. The molecule has 1 heterocycles. The second kappa shape index (κ2) is 5.36. The molecule has 3 rings (SSSR count). The Labute approximate surface area is 117 Å². The molecule has 0 radical (unpaired) electrons. The molecule has 2 bridgehead atoms. The van der Waals surface area contributed by atoms with E-state index < -0.39 is 0 Å². The molecule has 96 valence electrons. The number of rotatable bonds is 3. The van der Waals surface area contributed by atoms with Crippen LogP contribution in [0.4, 0.5) is 0 Å². The second-order valence-corrected chi connectivity index (χ2v) is 6.53. The molecular weight excluding hydrogens is 262 g/mol. The molecule has 3 atom stereocenters. The molecule has 0 saturated heterocycles. The smallest absolute Gasteiger partial charge is 0.187 e. The Morgan fingerprint density at radius 3 is 3.06 bits per heavy atom. The van der Waals surface area contributed by atoms with Crippen molar-refractivity contribution in [1.29, 1.82) is 0 Å². The second-order valence-electron chi connectivity index (χ2n) is 5.14. The number of hydrogen-bond acceptors (Lipinski definition) is 3. The largest absolute Gasteiger partial charge is 0.358 e. The van der Waals surface area contributed by atoms with E-state index in [1.54, 1.807) is 17.6 Å². The van der Waals surface area contributed by atoms with Crippen molar-refractivity contribution in [2.75, 3.05) is 0 Å². The molecule has 18 heavy (non-hydrogen) atoms. The number of fused-ring (bicyclic) bond motifs is 2. The number of thiophene rings is 1. The summed E-state index contributed by atoms with van der Waals surface area (Å²) in [5.41, 5.74) is 2.90. The molecule has 5 heteroatoms. The fourth-order valence-corrected chi connectivity index (χ4v) is 3.93. The molecule has 0 unspecified atom stereocenters. The lowest BCUT2D eigenvalue weighted by Gasteiger charge is -2.23. The van der Waals surface area contributed by atoms with Crippen molar-refractivity contribution >= 4 is 34.9 Å². The summed E-state index contributed by atoms with van der Waals surface area (Å²) in [5.74, 6) is 1.76. The zero-order valence-electron chi connectivity index (χ0n) is 10.1. The molecule has 1 aromatic heterocycles. The van der Waals surface area contributed by atoms with E-state index in [-0.39, 0.29) is 0 Å². The summed E-state index contributed by atoms with van der Waals surface area (Å²) < 4.78 is 0. The van der Waals surface area contributed by atoms with Crippen LogP contribution in [0.15, 0.2) is 22.6 Å². The van der Waals surface area contributed by atoms with Crippen molar-refractivity contribution in [2.24, 2.45) is 16.9 Å². The fourth-order valence-electron chi connectivity index (χ4n) is 3.14. The average molecular weight is 279 g/mol. The van der Waals surface area contributed by atoms with Gasteiger partial charge in [-0.1, -0.05) is 12.5 Å². The van der Waals surface area contributed by atoms with E-state index >= 15 is 0 Å². The Morgan fingerprint density at radius 1 is 1.44 bits per heavy atom. The monoisotopic (exact) mass is 279 g/mol. The Bertz CT molecular complexity index is 441. The molecular formula is C13H17N3S2. The number of hydrogen-bond donors (Lipinski definition) is 2. The van der Waals surface area contributed by atoms with Gasteiger partial charge in [0, 0.05) is 10.9 Å². The lowest BCUT2D eigenvalue weighted by atomic mass is 9.96. The van der Waals surface area contributed by atoms with Gasteiger partial charge in [0.15, 0.2) is 5.11 Å². The van der Waals surface area contributed by atoms with E-state index in [1.807, 2.05) is 17.5 Å². The first kappa shape index (κ1) is 12.1. The summed E-state index contributed by atoms with van der Waals surface area (Å²) in [4.78, 5) is 1.13. The van der Waals surface area contributed by atoms with Gasteiger partial charge in [-0.25, -0.2) is 0 Å².